The van der Waals surface area contributed by atoms with Gasteiger partial charge in [-0.3, -0.25) is 4.79 Å². The molecule has 9 nitrogen and oxygen atoms in total. The number of carbonyl (C=O) groups is 1. The monoisotopic (exact) mass is 601 g/mol. The number of benzene rings is 2. The molecule has 1 aromatic heterocycles. The summed E-state index contributed by atoms with van der Waals surface area (Å²) in [6, 6.07) is 10.6. The summed E-state index contributed by atoms with van der Waals surface area (Å²) in [7, 11) is 3.17. The molecule has 11 heteroatoms. The molecule has 1 atom stereocenters. The fourth-order valence-electron chi connectivity index (χ4n) is 4.24. The fraction of sp³-hybridized carbons (Fsp3) is 0.370. The van der Waals surface area contributed by atoms with Crippen LogP contribution in [0.1, 0.15) is 45.2 Å². The number of anilines is 2. The maximum absolute atomic E-state index is 13.9. The van der Waals surface area contributed by atoms with Gasteiger partial charge in [-0.15, -0.1) is 5.10 Å². The van der Waals surface area contributed by atoms with Crippen LogP contribution in [0.5, 0.6) is 17.2 Å². The van der Waals surface area contributed by atoms with Gasteiger partial charge in [0, 0.05) is 11.4 Å². The topological polar surface area (TPSA) is 99.5 Å². The van der Waals surface area contributed by atoms with Crippen LogP contribution in [-0.4, -0.2) is 47.3 Å². The third kappa shape index (κ3) is 5.78. The predicted molar refractivity (Wildman–Crippen MR) is 154 cm³/mol. The largest absolute Gasteiger partial charge is 0.493 e. The Morgan fingerprint density at radius 2 is 1.97 bits per heavy atom. The molecule has 2 N–H and O–H groups in total. The molecule has 0 fully saturated rings. The lowest BCUT2D eigenvalue weighted by Gasteiger charge is -2.29. The summed E-state index contributed by atoms with van der Waals surface area (Å²) in [6.07, 6.45) is 2.16. The summed E-state index contributed by atoms with van der Waals surface area (Å²) in [5.41, 5.74) is 2.55. The van der Waals surface area contributed by atoms with Gasteiger partial charge >= 0.3 is 0 Å². The molecule has 0 radical (unpaired) electrons. The van der Waals surface area contributed by atoms with Crippen molar-refractivity contribution >= 4 is 45.2 Å². The normalized spacial score (nSPS) is 14.5. The highest BCUT2D eigenvalue weighted by atomic mass is 79.9. The zero-order valence-electron chi connectivity index (χ0n) is 22.1. The van der Waals surface area contributed by atoms with Crippen LogP contribution in [0, 0.1) is 0 Å². The Kier molecular flexibility index (Phi) is 9.22. The summed E-state index contributed by atoms with van der Waals surface area (Å²) in [6.45, 7) is 6.41. The van der Waals surface area contributed by atoms with Gasteiger partial charge in [0.15, 0.2) is 11.5 Å². The van der Waals surface area contributed by atoms with E-state index in [2.05, 4.69) is 33.5 Å². The summed E-state index contributed by atoms with van der Waals surface area (Å²) in [5, 5.41) is 11.8. The highest BCUT2D eigenvalue weighted by Crippen LogP contribution is 2.43. The molecule has 0 saturated carbocycles. The van der Waals surface area contributed by atoms with Crippen molar-refractivity contribution in [1.82, 2.24) is 14.8 Å². The molecule has 2 aromatic carbocycles. The summed E-state index contributed by atoms with van der Waals surface area (Å²) in [5.74, 6) is 2.92. The number of aromatic nitrogens is 3. The lowest BCUT2D eigenvalue weighted by Crippen LogP contribution is -2.31. The maximum atomic E-state index is 13.9. The van der Waals surface area contributed by atoms with E-state index in [-0.39, 0.29) is 5.91 Å². The van der Waals surface area contributed by atoms with E-state index in [4.69, 9.17) is 24.3 Å². The summed E-state index contributed by atoms with van der Waals surface area (Å²) < 4.78 is 19.3. The summed E-state index contributed by atoms with van der Waals surface area (Å²) >= 11 is 5.20. The van der Waals surface area contributed by atoms with Gasteiger partial charge in [-0.05, 0) is 66.0 Å². The second-order valence-corrected chi connectivity index (χ2v) is 10.5. The first-order valence-electron chi connectivity index (χ1n) is 12.4. The Bertz CT molecular complexity index is 1340. The van der Waals surface area contributed by atoms with Crippen LogP contribution in [-0.2, 0) is 4.79 Å². The number of hydrogen-bond donors (Lipinski definition) is 2. The lowest BCUT2D eigenvalue weighted by molar-refractivity contribution is -0.113. The molecule has 1 unspecified atom stereocenters. The van der Waals surface area contributed by atoms with Gasteiger partial charge in [-0.2, -0.15) is 4.98 Å². The number of unbranched alkanes of at least 4 members (excludes halogenated alkanes) is 1. The van der Waals surface area contributed by atoms with E-state index < -0.39 is 6.04 Å². The van der Waals surface area contributed by atoms with Crippen LogP contribution in [0.3, 0.4) is 0 Å². The molecule has 38 heavy (non-hydrogen) atoms. The molecule has 0 saturated heterocycles. The SMILES string of the molecule is CCCCSc1nc2n(n1)C(c1cc(Br)c(OC)c(OC)c1)C(C(=O)Nc1ccccc1OCC)=C(C)N2. The van der Waals surface area contributed by atoms with Crippen LogP contribution in [0.2, 0.25) is 0 Å². The molecule has 202 valence electrons. The molecule has 0 spiro atoms. The summed E-state index contributed by atoms with van der Waals surface area (Å²) in [4.78, 5) is 18.6. The molecular weight excluding hydrogens is 570 g/mol. The van der Waals surface area contributed by atoms with E-state index in [9.17, 15) is 4.79 Å². The van der Waals surface area contributed by atoms with E-state index >= 15 is 0 Å². The number of methoxy groups -OCH3 is 2. The third-order valence-electron chi connectivity index (χ3n) is 6.01. The second kappa shape index (κ2) is 12.6. The molecule has 1 aliphatic rings. The minimum absolute atomic E-state index is 0.278. The predicted octanol–water partition coefficient (Wildman–Crippen LogP) is 6.28. The average Bonchev–Trinajstić information content (AvgIpc) is 3.30. The number of nitrogens with zero attached hydrogens (tertiary/aromatic N) is 3. The van der Waals surface area contributed by atoms with Gasteiger partial charge in [0.25, 0.3) is 5.91 Å². The van der Waals surface area contributed by atoms with Gasteiger partial charge in [-0.25, -0.2) is 4.68 Å². The molecule has 2 heterocycles. The van der Waals surface area contributed by atoms with Crippen molar-refractivity contribution in [3.8, 4) is 17.2 Å². The van der Waals surface area contributed by atoms with Crippen molar-refractivity contribution in [3.05, 3.63) is 57.7 Å². The number of carbonyl (C=O) groups excluding carboxylic acids is 1. The van der Waals surface area contributed by atoms with E-state index in [1.807, 2.05) is 50.2 Å². The maximum Gasteiger partial charge on any atom is 0.255 e. The molecule has 4 rings (SSSR count). The van der Waals surface area contributed by atoms with Gasteiger partial charge in [0.1, 0.15) is 11.8 Å². The molecule has 0 bridgehead atoms. The van der Waals surface area contributed by atoms with Crippen molar-refractivity contribution in [3.63, 3.8) is 0 Å². The van der Waals surface area contributed by atoms with Crippen LogP contribution in [0.4, 0.5) is 11.6 Å². The smallest absolute Gasteiger partial charge is 0.255 e. The number of para-hydroxylation sites is 2. The van der Waals surface area contributed by atoms with E-state index in [1.165, 1.54) is 0 Å². The van der Waals surface area contributed by atoms with Crippen molar-refractivity contribution in [2.75, 3.05) is 37.2 Å². The zero-order chi connectivity index (χ0) is 27.2. The van der Waals surface area contributed by atoms with E-state index in [0.717, 1.165) is 24.2 Å². The number of rotatable bonds is 11. The van der Waals surface area contributed by atoms with Gasteiger partial charge in [0.2, 0.25) is 11.1 Å². The minimum Gasteiger partial charge on any atom is -0.493 e. The first-order valence-corrected chi connectivity index (χ1v) is 14.2. The van der Waals surface area contributed by atoms with Crippen LogP contribution < -0.4 is 24.8 Å². The van der Waals surface area contributed by atoms with Gasteiger partial charge < -0.3 is 24.8 Å². The highest BCUT2D eigenvalue weighted by molar-refractivity contribution is 9.10. The minimum atomic E-state index is -0.574. The number of amides is 1. The first kappa shape index (κ1) is 27.8. The van der Waals surface area contributed by atoms with Crippen molar-refractivity contribution in [1.29, 1.82) is 0 Å². The van der Waals surface area contributed by atoms with Crippen molar-refractivity contribution in [2.45, 2.75) is 44.8 Å². The molecular formula is C27H32BrN5O4S. The van der Waals surface area contributed by atoms with Gasteiger partial charge in [0.05, 0.1) is 36.6 Å². The Balaban J connectivity index is 1.80. The molecule has 0 aliphatic carbocycles. The standard InChI is InChI=1S/C27H32BrN5O4S/c1-6-8-13-38-27-31-26-29-16(3)22(25(34)30-19-11-9-10-12-20(19)37-7-2)23(33(26)32-27)17-14-18(28)24(36-5)21(15-17)35-4/h9-12,14-15,23H,6-8,13H2,1-5H3,(H,30,34)(H,29,31,32). The fourth-order valence-corrected chi connectivity index (χ4v) is 5.77. The second-order valence-electron chi connectivity index (χ2n) is 8.55. The lowest BCUT2D eigenvalue weighted by atomic mass is 9.94. The van der Waals surface area contributed by atoms with E-state index in [1.54, 1.807) is 30.7 Å². The Morgan fingerprint density at radius 1 is 1.18 bits per heavy atom. The molecule has 1 aliphatic heterocycles. The van der Waals surface area contributed by atoms with Crippen molar-refractivity contribution in [2.24, 2.45) is 0 Å². The molecule has 3 aromatic rings. The average molecular weight is 603 g/mol. The quantitative estimate of drug-likeness (QED) is 0.196. The third-order valence-corrected chi connectivity index (χ3v) is 7.53. The molecule has 1 amide bonds. The van der Waals surface area contributed by atoms with E-state index in [0.29, 0.717) is 56.4 Å². The number of thioether (sulfide) groups is 1. The first-order chi connectivity index (χ1) is 18.4. The van der Waals surface area contributed by atoms with Crippen molar-refractivity contribution < 1.29 is 19.0 Å². The van der Waals surface area contributed by atoms with Crippen LogP contribution >= 0.6 is 27.7 Å². The Hall–Kier alpha value is -3.18. The zero-order valence-corrected chi connectivity index (χ0v) is 24.5. The Labute approximate surface area is 235 Å². The number of hydrogen-bond acceptors (Lipinski definition) is 8. The van der Waals surface area contributed by atoms with Crippen LogP contribution in [0.15, 0.2) is 57.3 Å². The number of halogens is 1. The Morgan fingerprint density at radius 3 is 2.68 bits per heavy atom. The number of nitrogens with one attached hydrogen (secondary N) is 2. The van der Waals surface area contributed by atoms with Gasteiger partial charge in [-0.1, -0.05) is 37.2 Å². The highest BCUT2D eigenvalue weighted by Gasteiger charge is 2.35. The number of ether oxygens (including phenoxy) is 3. The van der Waals surface area contributed by atoms with Crippen LogP contribution in [0.25, 0.3) is 0 Å². The number of fused-ring (bicyclic) bond motifs is 1. The number of allylic oxidation sites excluding steroid dienone is 1.